The molecule has 1 aromatic rings. The van der Waals surface area contributed by atoms with Gasteiger partial charge in [-0.2, -0.15) is 0 Å². The first-order valence-electron chi connectivity index (χ1n) is 5.22. The maximum atomic E-state index is 13.2. The third-order valence-corrected chi connectivity index (χ3v) is 2.87. The molecule has 0 N–H and O–H groups in total. The van der Waals surface area contributed by atoms with Crippen LogP contribution in [-0.2, 0) is 0 Å². The number of halogens is 2. The third kappa shape index (κ3) is 3.76. The van der Waals surface area contributed by atoms with Crippen molar-refractivity contribution < 1.29 is 14.1 Å². The standard InChI is InChI=1S/C11H12BrFN2O3/c1-14(4-2-3-12)11(16)8-5-9(13)7-10(6-8)15(17)18/h5-7H,2-4H2,1H3. The molecule has 1 aromatic carbocycles. The Labute approximate surface area is 112 Å². The van der Waals surface area contributed by atoms with E-state index in [9.17, 15) is 19.3 Å². The zero-order valence-electron chi connectivity index (χ0n) is 9.73. The molecule has 0 radical (unpaired) electrons. The summed E-state index contributed by atoms with van der Waals surface area (Å²) in [6, 6.07) is 2.87. The molecular weight excluding hydrogens is 307 g/mol. The number of non-ortho nitro benzene ring substituents is 1. The van der Waals surface area contributed by atoms with E-state index in [0.29, 0.717) is 6.54 Å². The maximum Gasteiger partial charge on any atom is 0.273 e. The monoisotopic (exact) mass is 318 g/mol. The number of hydrogen-bond donors (Lipinski definition) is 0. The summed E-state index contributed by atoms with van der Waals surface area (Å²) in [5.74, 6) is -1.22. The van der Waals surface area contributed by atoms with Gasteiger partial charge in [0, 0.05) is 30.6 Å². The first-order valence-corrected chi connectivity index (χ1v) is 6.34. The second-order valence-corrected chi connectivity index (χ2v) is 4.52. The number of nitrogens with zero attached hydrogens (tertiary/aromatic N) is 2. The van der Waals surface area contributed by atoms with Crippen molar-refractivity contribution in [1.82, 2.24) is 4.90 Å². The lowest BCUT2D eigenvalue weighted by Gasteiger charge is -2.16. The van der Waals surface area contributed by atoms with E-state index in [1.165, 1.54) is 4.90 Å². The van der Waals surface area contributed by atoms with Crippen LogP contribution in [0.5, 0.6) is 0 Å². The SMILES string of the molecule is CN(CCCBr)C(=O)c1cc(F)cc([N+](=O)[O-])c1. The van der Waals surface area contributed by atoms with Crippen LogP contribution in [0.2, 0.25) is 0 Å². The molecule has 0 unspecified atom stereocenters. The van der Waals surface area contributed by atoms with Gasteiger partial charge in [-0.25, -0.2) is 4.39 Å². The van der Waals surface area contributed by atoms with Gasteiger partial charge in [-0.15, -0.1) is 0 Å². The zero-order valence-corrected chi connectivity index (χ0v) is 11.3. The van der Waals surface area contributed by atoms with E-state index in [4.69, 9.17) is 0 Å². The molecule has 18 heavy (non-hydrogen) atoms. The third-order valence-electron chi connectivity index (χ3n) is 2.31. The normalized spacial score (nSPS) is 10.2. The van der Waals surface area contributed by atoms with Gasteiger partial charge in [-0.3, -0.25) is 14.9 Å². The summed E-state index contributed by atoms with van der Waals surface area (Å²) in [6.07, 6.45) is 0.750. The molecule has 98 valence electrons. The molecule has 0 spiro atoms. The Balaban J connectivity index is 2.95. The van der Waals surface area contributed by atoms with Gasteiger partial charge in [0.15, 0.2) is 0 Å². The Morgan fingerprint density at radius 2 is 2.17 bits per heavy atom. The topological polar surface area (TPSA) is 63.5 Å². The van der Waals surface area contributed by atoms with E-state index in [1.54, 1.807) is 7.05 Å². The molecule has 1 rings (SSSR count). The smallest absolute Gasteiger partial charge is 0.273 e. The number of nitro groups is 1. The summed E-state index contributed by atoms with van der Waals surface area (Å²) in [4.78, 5) is 23.2. The highest BCUT2D eigenvalue weighted by Crippen LogP contribution is 2.17. The van der Waals surface area contributed by atoms with Crippen LogP contribution >= 0.6 is 15.9 Å². The molecule has 0 fully saturated rings. The van der Waals surface area contributed by atoms with Gasteiger partial charge in [-0.1, -0.05) is 15.9 Å². The minimum absolute atomic E-state index is 0.0150. The van der Waals surface area contributed by atoms with Crippen LogP contribution in [0.15, 0.2) is 18.2 Å². The van der Waals surface area contributed by atoms with Crippen LogP contribution in [0.4, 0.5) is 10.1 Å². The molecule has 0 saturated carbocycles. The predicted octanol–water partition coefficient (Wildman–Crippen LogP) is 2.59. The second kappa shape index (κ2) is 6.44. The van der Waals surface area contributed by atoms with Gasteiger partial charge >= 0.3 is 0 Å². The Hall–Kier alpha value is -1.50. The fourth-order valence-corrected chi connectivity index (χ4v) is 1.67. The number of carbonyl (C=O) groups excluding carboxylic acids is 1. The highest BCUT2D eigenvalue weighted by atomic mass is 79.9. The highest BCUT2D eigenvalue weighted by Gasteiger charge is 2.17. The van der Waals surface area contributed by atoms with Gasteiger partial charge in [0.2, 0.25) is 0 Å². The Kier molecular flexibility index (Phi) is 5.21. The summed E-state index contributed by atoms with van der Waals surface area (Å²) in [5.41, 5.74) is -0.439. The summed E-state index contributed by atoms with van der Waals surface area (Å²) in [7, 11) is 1.57. The van der Waals surface area contributed by atoms with E-state index >= 15 is 0 Å². The molecule has 5 nitrogen and oxygen atoms in total. The van der Waals surface area contributed by atoms with Gasteiger partial charge in [-0.05, 0) is 12.5 Å². The van der Waals surface area contributed by atoms with Gasteiger partial charge in [0.25, 0.3) is 11.6 Å². The number of rotatable bonds is 5. The van der Waals surface area contributed by atoms with Gasteiger partial charge < -0.3 is 4.90 Å². The Morgan fingerprint density at radius 3 is 2.72 bits per heavy atom. The molecular formula is C11H12BrFN2O3. The lowest BCUT2D eigenvalue weighted by Crippen LogP contribution is -2.28. The number of alkyl halides is 1. The summed E-state index contributed by atoms with van der Waals surface area (Å²) in [6.45, 7) is 0.494. The first kappa shape index (κ1) is 14.6. The van der Waals surface area contributed by atoms with Crippen molar-refractivity contribution >= 4 is 27.5 Å². The van der Waals surface area contributed by atoms with E-state index in [0.717, 1.165) is 30.0 Å². The minimum atomic E-state index is -0.790. The number of hydrogen-bond acceptors (Lipinski definition) is 3. The van der Waals surface area contributed by atoms with Crippen LogP contribution < -0.4 is 0 Å². The zero-order chi connectivity index (χ0) is 13.7. The highest BCUT2D eigenvalue weighted by molar-refractivity contribution is 9.09. The van der Waals surface area contributed by atoms with Crippen LogP contribution in [0.1, 0.15) is 16.8 Å². The van der Waals surface area contributed by atoms with Crippen LogP contribution in [0, 0.1) is 15.9 Å². The quantitative estimate of drug-likeness (QED) is 0.476. The summed E-state index contributed by atoms with van der Waals surface area (Å²) in [5, 5.41) is 11.3. The Bertz CT molecular complexity index is 468. The molecule has 0 aliphatic rings. The van der Waals surface area contributed by atoms with Crippen molar-refractivity contribution in [3.8, 4) is 0 Å². The molecule has 0 aromatic heterocycles. The lowest BCUT2D eigenvalue weighted by molar-refractivity contribution is -0.385. The van der Waals surface area contributed by atoms with Crippen molar-refractivity contribution in [2.75, 3.05) is 18.9 Å². The minimum Gasteiger partial charge on any atom is -0.342 e. The largest absolute Gasteiger partial charge is 0.342 e. The molecule has 0 atom stereocenters. The fourth-order valence-electron chi connectivity index (χ4n) is 1.42. The van der Waals surface area contributed by atoms with Crippen molar-refractivity contribution in [1.29, 1.82) is 0 Å². The molecule has 1 amide bonds. The molecule has 0 saturated heterocycles. The van der Waals surface area contributed by atoms with E-state index in [2.05, 4.69) is 15.9 Å². The fraction of sp³-hybridized carbons (Fsp3) is 0.364. The van der Waals surface area contributed by atoms with Gasteiger partial charge in [0.1, 0.15) is 5.82 Å². The van der Waals surface area contributed by atoms with Crippen LogP contribution in [0.3, 0.4) is 0 Å². The molecule has 0 heterocycles. The number of amides is 1. The maximum absolute atomic E-state index is 13.2. The number of carbonyl (C=O) groups is 1. The average Bonchev–Trinajstić information content (AvgIpc) is 2.34. The Morgan fingerprint density at radius 1 is 1.50 bits per heavy atom. The van der Waals surface area contributed by atoms with E-state index < -0.39 is 22.3 Å². The molecule has 0 aliphatic carbocycles. The average molecular weight is 319 g/mol. The molecule has 7 heteroatoms. The van der Waals surface area contributed by atoms with E-state index in [-0.39, 0.29) is 5.56 Å². The van der Waals surface area contributed by atoms with Crippen LogP contribution in [-0.4, -0.2) is 34.7 Å². The van der Waals surface area contributed by atoms with Crippen LogP contribution in [0.25, 0.3) is 0 Å². The molecule has 0 aliphatic heterocycles. The number of benzene rings is 1. The van der Waals surface area contributed by atoms with Crippen molar-refractivity contribution in [3.05, 3.63) is 39.7 Å². The van der Waals surface area contributed by atoms with Crippen molar-refractivity contribution in [2.45, 2.75) is 6.42 Å². The lowest BCUT2D eigenvalue weighted by atomic mass is 10.1. The van der Waals surface area contributed by atoms with Crippen molar-refractivity contribution in [3.63, 3.8) is 0 Å². The first-order chi connectivity index (χ1) is 8.45. The predicted molar refractivity (Wildman–Crippen MR) is 68.4 cm³/mol. The van der Waals surface area contributed by atoms with E-state index in [1.807, 2.05) is 0 Å². The summed E-state index contributed by atoms with van der Waals surface area (Å²) < 4.78 is 13.2. The summed E-state index contributed by atoms with van der Waals surface area (Å²) >= 11 is 3.24. The second-order valence-electron chi connectivity index (χ2n) is 3.72. The number of nitro benzene ring substituents is 1. The molecule has 0 bridgehead atoms. The van der Waals surface area contributed by atoms with Crippen molar-refractivity contribution in [2.24, 2.45) is 0 Å². The van der Waals surface area contributed by atoms with Gasteiger partial charge in [0.05, 0.1) is 11.0 Å².